The number of likely N-dealkylation sites (tertiary alicyclic amines) is 1. The van der Waals surface area contributed by atoms with Gasteiger partial charge in [0.2, 0.25) is 0 Å². The van der Waals surface area contributed by atoms with Crippen LogP contribution in [0.1, 0.15) is 34.5 Å². The number of aromatic nitrogens is 2. The Kier molecular flexibility index (Phi) is 4.88. The third-order valence-corrected chi connectivity index (χ3v) is 4.55. The summed E-state index contributed by atoms with van der Waals surface area (Å²) < 4.78 is 7.32. The fourth-order valence-electron chi connectivity index (χ4n) is 2.97. The largest absolute Gasteiger partial charge is 0.490 e. The second-order valence-electron chi connectivity index (χ2n) is 6.56. The van der Waals surface area contributed by atoms with Crippen molar-refractivity contribution in [3.05, 3.63) is 57.5 Å². The zero-order valence-electron chi connectivity index (χ0n) is 14.9. The molecule has 2 aromatic rings. The molecule has 1 aliphatic heterocycles. The van der Waals surface area contributed by atoms with Crippen molar-refractivity contribution in [2.75, 3.05) is 13.1 Å². The second-order valence-corrected chi connectivity index (χ2v) is 6.56. The molecule has 1 amide bonds. The standard InChI is InChI=1S/C19H23N3O3/c1-13-4-5-14(2)17(12-13)25-15-8-10-22(11-9-15)19(24)16-6-7-18(23)21(3)20-16/h4-7,12,15H,8-11H2,1-3H3. The van der Waals surface area contributed by atoms with E-state index < -0.39 is 0 Å². The molecule has 1 fully saturated rings. The topological polar surface area (TPSA) is 64.4 Å². The summed E-state index contributed by atoms with van der Waals surface area (Å²) in [6, 6.07) is 9.06. The van der Waals surface area contributed by atoms with Crippen molar-refractivity contribution in [1.82, 2.24) is 14.7 Å². The number of carbonyl (C=O) groups is 1. The van der Waals surface area contributed by atoms with Crippen LogP contribution >= 0.6 is 0 Å². The molecular formula is C19H23N3O3. The molecule has 0 spiro atoms. The number of ether oxygens (including phenoxy) is 1. The quantitative estimate of drug-likeness (QED) is 0.857. The number of benzene rings is 1. The predicted molar refractivity (Wildman–Crippen MR) is 94.9 cm³/mol. The van der Waals surface area contributed by atoms with Crippen molar-refractivity contribution < 1.29 is 9.53 Å². The van der Waals surface area contributed by atoms with Gasteiger partial charge >= 0.3 is 0 Å². The SMILES string of the molecule is Cc1ccc(C)c(OC2CCN(C(=O)c3ccc(=O)n(C)n3)CC2)c1. The van der Waals surface area contributed by atoms with Gasteiger partial charge in [-0.15, -0.1) is 0 Å². The minimum Gasteiger partial charge on any atom is -0.490 e. The number of aryl methyl sites for hydroxylation is 3. The van der Waals surface area contributed by atoms with Crippen LogP contribution in [0.2, 0.25) is 0 Å². The highest BCUT2D eigenvalue weighted by atomic mass is 16.5. The van der Waals surface area contributed by atoms with Crippen LogP contribution in [0.25, 0.3) is 0 Å². The molecular weight excluding hydrogens is 318 g/mol. The van der Waals surface area contributed by atoms with E-state index in [4.69, 9.17) is 4.74 Å². The van der Waals surface area contributed by atoms with Gasteiger partial charge in [0.1, 0.15) is 17.5 Å². The first-order valence-electron chi connectivity index (χ1n) is 8.51. The van der Waals surface area contributed by atoms with E-state index in [-0.39, 0.29) is 17.6 Å². The third-order valence-electron chi connectivity index (χ3n) is 4.55. The maximum Gasteiger partial charge on any atom is 0.274 e. The van der Waals surface area contributed by atoms with Crippen LogP contribution in [-0.2, 0) is 7.05 Å². The number of hydrogen-bond acceptors (Lipinski definition) is 4. The Labute approximate surface area is 147 Å². The van der Waals surface area contributed by atoms with E-state index in [9.17, 15) is 9.59 Å². The van der Waals surface area contributed by atoms with Gasteiger partial charge in [0.25, 0.3) is 11.5 Å². The molecule has 1 aromatic carbocycles. The molecule has 1 aromatic heterocycles. The fraction of sp³-hybridized carbons (Fsp3) is 0.421. The number of amides is 1. The van der Waals surface area contributed by atoms with Gasteiger partial charge in [-0.3, -0.25) is 9.59 Å². The Morgan fingerprint density at radius 2 is 1.88 bits per heavy atom. The van der Waals surface area contributed by atoms with Crippen molar-refractivity contribution in [2.24, 2.45) is 7.05 Å². The Morgan fingerprint density at radius 1 is 1.16 bits per heavy atom. The summed E-state index contributed by atoms with van der Waals surface area (Å²) in [5, 5.41) is 4.04. The van der Waals surface area contributed by atoms with Crippen LogP contribution in [0.5, 0.6) is 5.75 Å². The van der Waals surface area contributed by atoms with E-state index in [1.807, 2.05) is 13.8 Å². The lowest BCUT2D eigenvalue weighted by molar-refractivity contribution is 0.0586. The summed E-state index contributed by atoms with van der Waals surface area (Å²) in [6.45, 7) is 5.34. The van der Waals surface area contributed by atoms with Gasteiger partial charge in [0, 0.05) is 39.0 Å². The molecule has 0 aliphatic carbocycles. The smallest absolute Gasteiger partial charge is 0.274 e. The first-order chi connectivity index (χ1) is 11.9. The van der Waals surface area contributed by atoms with Crippen molar-refractivity contribution >= 4 is 5.91 Å². The van der Waals surface area contributed by atoms with Gasteiger partial charge in [0.15, 0.2) is 0 Å². The highest BCUT2D eigenvalue weighted by Gasteiger charge is 2.26. The highest BCUT2D eigenvalue weighted by molar-refractivity contribution is 5.92. The summed E-state index contributed by atoms with van der Waals surface area (Å²) in [5.74, 6) is 0.783. The predicted octanol–water partition coefficient (Wildman–Crippen LogP) is 2.08. The molecule has 1 saturated heterocycles. The zero-order valence-corrected chi connectivity index (χ0v) is 14.9. The number of hydrogen-bond donors (Lipinski definition) is 0. The van der Waals surface area contributed by atoms with Gasteiger partial charge in [-0.2, -0.15) is 5.10 Å². The fourth-order valence-corrected chi connectivity index (χ4v) is 2.97. The van der Waals surface area contributed by atoms with Crippen LogP contribution in [-0.4, -0.2) is 39.8 Å². The number of nitrogens with zero attached hydrogens (tertiary/aromatic N) is 3. The lowest BCUT2D eigenvalue weighted by Gasteiger charge is -2.32. The van der Waals surface area contributed by atoms with Crippen LogP contribution in [0, 0.1) is 13.8 Å². The molecule has 0 N–H and O–H groups in total. The Bertz CT molecular complexity index is 836. The average Bonchev–Trinajstić information content (AvgIpc) is 2.60. The summed E-state index contributed by atoms with van der Waals surface area (Å²) in [5.41, 5.74) is 2.38. The molecule has 132 valence electrons. The number of piperidine rings is 1. The zero-order chi connectivity index (χ0) is 18.0. The Morgan fingerprint density at radius 3 is 2.56 bits per heavy atom. The van der Waals surface area contributed by atoms with Crippen molar-refractivity contribution in [1.29, 1.82) is 0 Å². The second kappa shape index (κ2) is 7.09. The maximum absolute atomic E-state index is 12.5. The van der Waals surface area contributed by atoms with Crippen LogP contribution in [0.3, 0.4) is 0 Å². The number of rotatable bonds is 3. The van der Waals surface area contributed by atoms with E-state index in [0.29, 0.717) is 18.8 Å². The van der Waals surface area contributed by atoms with Gasteiger partial charge < -0.3 is 9.64 Å². The molecule has 6 nitrogen and oxygen atoms in total. The minimum absolute atomic E-state index is 0.109. The molecule has 3 rings (SSSR count). The highest BCUT2D eigenvalue weighted by Crippen LogP contribution is 2.24. The number of carbonyl (C=O) groups excluding carboxylic acids is 1. The van der Waals surface area contributed by atoms with Crippen LogP contribution in [0.15, 0.2) is 35.1 Å². The van der Waals surface area contributed by atoms with E-state index >= 15 is 0 Å². The molecule has 0 bridgehead atoms. The van der Waals surface area contributed by atoms with Gasteiger partial charge in [0.05, 0.1) is 0 Å². The Balaban J connectivity index is 1.61. The molecule has 0 unspecified atom stereocenters. The van der Waals surface area contributed by atoms with E-state index in [1.165, 1.54) is 22.4 Å². The third kappa shape index (κ3) is 3.90. The van der Waals surface area contributed by atoms with Crippen molar-refractivity contribution in [2.45, 2.75) is 32.8 Å². The van der Waals surface area contributed by atoms with Crippen LogP contribution < -0.4 is 10.3 Å². The molecule has 0 atom stereocenters. The van der Waals surface area contributed by atoms with E-state index in [2.05, 4.69) is 23.3 Å². The average molecular weight is 341 g/mol. The monoisotopic (exact) mass is 341 g/mol. The summed E-state index contributed by atoms with van der Waals surface area (Å²) in [6.07, 6.45) is 1.67. The van der Waals surface area contributed by atoms with Crippen LogP contribution in [0.4, 0.5) is 0 Å². The molecule has 6 heteroatoms. The lowest BCUT2D eigenvalue weighted by Crippen LogP contribution is -2.42. The first-order valence-corrected chi connectivity index (χ1v) is 8.51. The van der Waals surface area contributed by atoms with Gasteiger partial charge in [-0.05, 0) is 37.1 Å². The molecule has 2 heterocycles. The normalized spacial score (nSPS) is 15.2. The molecule has 0 radical (unpaired) electrons. The molecule has 25 heavy (non-hydrogen) atoms. The maximum atomic E-state index is 12.5. The minimum atomic E-state index is -0.225. The molecule has 0 saturated carbocycles. The van der Waals surface area contributed by atoms with Gasteiger partial charge in [-0.1, -0.05) is 12.1 Å². The van der Waals surface area contributed by atoms with Crippen molar-refractivity contribution in [3.8, 4) is 5.75 Å². The van der Waals surface area contributed by atoms with E-state index in [0.717, 1.165) is 24.2 Å². The Hall–Kier alpha value is -2.63. The van der Waals surface area contributed by atoms with Gasteiger partial charge in [-0.25, -0.2) is 4.68 Å². The molecule has 1 aliphatic rings. The summed E-state index contributed by atoms with van der Waals surface area (Å²) in [7, 11) is 1.55. The lowest BCUT2D eigenvalue weighted by atomic mass is 10.1. The summed E-state index contributed by atoms with van der Waals surface area (Å²) >= 11 is 0. The van der Waals surface area contributed by atoms with E-state index in [1.54, 1.807) is 11.9 Å². The van der Waals surface area contributed by atoms with Crippen molar-refractivity contribution in [3.63, 3.8) is 0 Å². The first kappa shape index (κ1) is 17.2. The summed E-state index contributed by atoms with van der Waals surface area (Å²) in [4.78, 5) is 25.7.